The maximum absolute atomic E-state index is 12.8. The Morgan fingerprint density at radius 1 is 1.13 bits per heavy atom. The highest BCUT2D eigenvalue weighted by Gasteiger charge is 2.33. The maximum atomic E-state index is 12.8. The summed E-state index contributed by atoms with van der Waals surface area (Å²) in [5.41, 5.74) is 0.224. The maximum Gasteiger partial charge on any atom is 0.308 e. The average molecular weight is 313 g/mol. The van der Waals surface area contributed by atoms with E-state index in [-0.39, 0.29) is 29.7 Å². The Bertz CT molecular complexity index is 771. The van der Waals surface area contributed by atoms with Gasteiger partial charge in [0.2, 0.25) is 0 Å². The number of aromatic hydroxyl groups is 1. The Balaban J connectivity index is 1.93. The van der Waals surface area contributed by atoms with Crippen LogP contribution in [0.3, 0.4) is 0 Å². The lowest BCUT2D eigenvalue weighted by Crippen LogP contribution is -2.45. The molecule has 0 aromatic heterocycles. The minimum atomic E-state index is -0.878. The zero-order chi connectivity index (χ0) is 16.6. The number of rotatable bonds is 2. The lowest BCUT2D eigenvalue weighted by Gasteiger charge is -2.34. The summed E-state index contributed by atoms with van der Waals surface area (Å²) in [6.45, 7) is 2.63. The molecule has 0 saturated carbocycles. The number of hydrogen-bond acceptors (Lipinski definition) is 3. The molecular weight excluding hydrogens is 294 g/mol. The van der Waals surface area contributed by atoms with Crippen LogP contribution in [0.15, 0.2) is 36.4 Å². The largest absolute Gasteiger partial charge is 0.507 e. The summed E-state index contributed by atoms with van der Waals surface area (Å²) < 4.78 is 0. The van der Waals surface area contributed by atoms with E-state index >= 15 is 0 Å². The predicted octanol–water partition coefficient (Wildman–Crippen LogP) is 2.73. The van der Waals surface area contributed by atoms with Crippen molar-refractivity contribution in [3.8, 4) is 5.75 Å². The van der Waals surface area contributed by atoms with Crippen molar-refractivity contribution in [2.45, 2.75) is 13.3 Å². The van der Waals surface area contributed by atoms with E-state index in [1.165, 1.54) is 4.90 Å². The number of phenolic OH excluding ortho intramolecular Hbond substituents is 1. The van der Waals surface area contributed by atoms with Crippen molar-refractivity contribution < 1.29 is 19.8 Å². The predicted molar refractivity (Wildman–Crippen MR) is 86.4 cm³/mol. The molecule has 3 rings (SSSR count). The molecule has 0 aliphatic carbocycles. The molecule has 2 aromatic rings. The SMILES string of the molecule is CC1CC(C(=O)O)CN(C(=O)c2cc3ccccc3cc2O)C1. The fourth-order valence-corrected chi connectivity index (χ4v) is 3.27. The highest BCUT2D eigenvalue weighted by Crippen LogP contribution is 2.29. The van der Waals surface area contributed by atoms with Crippen LogP contribution >= 0.6 is 0 Å². The van der Waals surface area contributed by atoms with E-state index in [1.54, 1.807) is 12.1 Å². The molecule has 120 valence electrons. The first-order valence-corrected chi connectivity index (χ1v) is 7.69. The van der Waals surface area contributed by atoms with Gasteiger partial charge in [0, 0.05) is 13.1 Å². The number of piperidine rings is 1. The standard InChI is InChI=1S/C18H19NO4/c1-11-6-14(18(22)23)10-19(9-11)17(21)15-7-12-4-2-3-5-13(12)8-16(15)20/h2-5,7-8,11,14,20H,6,9-10H2,1H3,(H,22,23). The van der Waals surface area contributed by atoms with E-state index in [2.05, 4.69) is 0 Å². The Morgan fingerprint density at radius 3 is 2.43 bits per heavy atom. The van der Waals surface area contributed by atoms with Gasteiger partial charge < -0.3 is 15.1 Å². The van der Waals surface area contributed by atoms with Crippen LogP contribution in [-0.4, -0.2) is 40.1 Å². The first-order valence-electron chi connectivity index (χ1n) is 7.69. The smallest absolute Gasteiger partial charge is 0.308 e. The summed E-state index contributed by atoms with van der Waals surface area (Å²) >= 11 is 0. The van der Waals surface area contributed by atoms with Crippen LogP contribution in [0.25, 0.3) is 10.8 Å². The Morgan fingerprint density at radius 2 is 1.78 bits per heavy atom. The lowest BCUT2D eigenvalue weighted by molar-refractivity contribution is -0.143. The number of nitrogens with zero attached hydrogens (tertiary/aromatic N) is 1. The number of phenols is 1. The third kappa shape index (κ3) is 2.99. The summed E-state index contributed by atoms with van der Waals surface area (Å²) in [4.78, 5) is 25.5. The highest BCUT2D eigenvalue weighted by molar-refractivity contribution is 6.01. The average Bonchev–Trinajstić information content (AvgIpc) is 2.53. The van der Waals surface area contributed by atoms with Crippen molar-refractivity contribution in [1.29, 1.82) is 0 Å². The van der Waals surface area contributed by atoms with E-state index in [0.29, 0.717) is 13.0 Å². The van der Waals surface area contributed by atoms with Crippen molar-refractivity contribution in [1.82, 2.24) is 4.90 Å². The van der Waals surface area contributed by atoms with Gasteiger partial charge in [-0.25, -0.2) is 0 Å². The molecule has 2 aromatic carbocycles. The van der Waals surface area contributed by atoms with Gasteiger partial charge in [-0.15, -0.1) is 0 Å². The van der Waals surface area contributed by atoms with Gasteiger partial charge in [-0.2, -0.15) is 0 Å². The van der Waals surface area contributed by atoms with E-state index in [0.717, 1.165) is 10.8 Å². The number of carbonyl (C=O) groups excluding carboxylic acids is 1. The summed E-state index contributed by atoms with van der Waals surface area (Å²) in [7, 11) is 0. The molecule has 1 amide bonds. The summed E-state index contributed by atoms with van der Waals surface area (Å²) in [6, 6.07) is 10.7. The van der Waals surface area contributed by atoms with Crippen molar-refractivity contribution in [2.75, 3.05) is 13.1 Å². The number of carbonyl (C=O) groups is 2. The van der Waals surface area contributed by atoms with Crippen LogP contribution in [-0.2, 0) is 4.79 Å². The minimum absolute atomic E-state index is 0.0706. The van der Waals surface area contributed by atoms with Crippen LogP contribution in [0.2, 0.25) is 0 Å². The van der Waals surface area contributed by atoms with Crippen molar-refractivity contribution in [3.63, 3.8) is 0 Å². The molecule has 1 heterocycles. The number of carboxylic acid groups (broad SMARTS) is 1. The molecule has 1 aliphatic rings. The molecule has 2 unspecified atom stereocenters. The van der Waals surface area contributed by atoms with Gasteiger partial charge in [0.15, 0.2) is 0 Å². The molecule has 2 atom stereocenters. The van der Waals surface area contributed by atoms with Crippen molar-refractivity contribution in [3.05, 3.63) is 42.0 Å². The topological polar surface area (TPSA) is 77.8 Å². The monoisotopic (exact) mass is 313 g/mol. The first-order chi connectivity index (χ1) is 11.0. The second-order valence-corrected chi connectivity index (χ2v) is 6.30. The number of hydrogen-bond donors (Lipinski definition) is 2. The summed E-state index contributed by atoms with van der Waals surface area (Å²) in [5, 5.41) is 21.1. The number of aliphatic carboxylic acids is 1. The fraction of sp³-hybridized carbons (Fsp3) is 0.333. The van der Waals surface area contributed by atoms with Gasteiger partial charge in [-0.1, -0.05) is 31.2 Å². The zero-order valence-corrected chi connectivity index (χ0v) is 12.9. The number of carboxylic acids is 1. The number of amides is 1. The molecule has 0 spiro atoms. The van der Waals surface area contributed by atoms with Gasteiger partial charge in [-0.05, 0) is 35.2 Å². The number of benzene rings is 2. The minimum Gasteiger partial charge on any atom is -0.507 e. The fourth-order valence-electron chi connectivity index (χ4n) is 3.27. The molecule has 1 aliphatic heterocycles. The quantitative estimate of drug-likeness (QED) is 0.893. The van der Waals surface area contributed by atoms with Gasteiger partial charge in [0.1, 0.15) is 5.75 Å². The Kier molecular flexibility index (Phi) is 3.94. The second-order valence-electron chi connectivity index (χ2n) is 6.30. The lowest BCUT2D eigenvalue weighted by atomic mass is 9.90. The summed E-state index contributed by atoms with van der Waals surface area (Å²) in [6.07, 6.45) is 0.572. The molecule has 1 fully saturated rings. The van der Waals surface area contributed by atoms with Crippen LogP contribution < -0.4 is 0 Å². The molecule has 0 bridgehead atoms. The van der Waals surface area contributed by atoms with Gasteiger partial charge in [0.05, 0.1) is 11.5 Å². The van der Waals surface area contributed by atoms with Crippen LogP contribution in [0.5, 0.6) is 5.75 Å². The first kappa shape index (κ1) is 15.3. The highest BCUT2D eigenvalue weighted by atomic mass is 16.4. The second kappa shape index (κ2) is 5.91. The van der Waals surface area contributed by atoms with Crippen molar-refractivity contribution >= 4 is 22.6 Å². The molecular formula is C18H19NO4. The Hall–Kier alpha value is -2.56. The molecule has 23 heavy (non-hydrogen) atoms. The molecule has 2 N–H and O–H groups in total. The molecule has 5 heteroatoms. The van der Waals surface area contributed by atoms with E-state index in [4.69, 9.17) is 0 Å². The van der Waals surface area contributed by atoms with E-state index < -0.39 is 11.9 Å². The van der Waals surface area contributed by atoms with E-state index in [9.17, 15) is 19.8 Å². The normalized spacial score (nSPS) is 21.3. The van der Waals surface area contributed by atoms with Crippen LogP contribution in [0.4, 0.5) is 0 Å². The third-order valence-electron chi connectivity index (χ3n) is 4.39. The third-order valence-corrected chi connectivity index (χ3v) is 4.39. The van der Waals surface area contributed by atoms with Gasteiger partial charge in [-0.3, -0.25) is 9.59 Å². The van der Waals surface area contributed by atoms with Crippen LogP contribution in [0, 0.1) is 11.8 Å². The molecule has 5 nitrogen and oxygen atoms in total. The summed E-state index contributed by atoms with van der Waals surface area (Å²) in [5.74, 6) is -1.69. The zero-order valence-electron chi connectivity index (χ0n) is 12.9. The van der Waals surface area contributed by atoms with Crippen molar-refractivity contribution in [2.24, 2.45) is 11.8 Å². The Labute approximate surface area is 134 Å². The molecule has 1 saturated heterocycles. The molecule has 0 radical (unpaired) electrons. The number of fused-ring (bicyclic) bond motifs is 1. The van der Waals surface area contributed by atoms with Crippen LogP contribution in [0.1, 0.15) is 23.7 Å². The van der Waals surface area contributed by atoms with Gasteiger partial charge in [0.25, 0.3) is 5.91 Å². The van der Waals surface area contributed by atoms with E-state index in [1.807, 2.05) is 31.2 Å². The van der Waals surface area contributed by atoms with Gasteiger partial charge >= 0.3 is 5.97 Å². The number of likely N-dealkylation sites (tertiary alicyclic amines) is 1.